The maximum Gasteiger partial charge on any atom is 0.271 e. The molecule has 0 atom stereocenters. The molecule has 0 saturated heterocycles. The molecule has 0 aliphatic heterocycles. The number of carbonyl (C=O) groups is 1. The van der Waals surface area contributed by atoms with Crippen LogP contribution in [0.1, 0.15) is 36.1 Å². The van der Waals surface area contributed by atoms with Crippen molar-refractivity contribution >= 4 is 17.5 Å². The molecule has 0 fully saturated rings. The van der Waals surface area contributed by atoms with Crippen LogP contribution in [0.15, 0.2) is 6.20 Å². The molecule has 1 N–H and O–H groups in total. The topological polar surface area (TPSA) is 54.9 Å². The Bertz CT molecular complexity index is 352. The zero-order chi connectivity index (χ0) is 10.7. The van der Waals surface area contributed by atoms with Gasteiger partial charge in [0.1, 0.15) is 11.5 Å². The molecule has 4 nitrogen and oxygen atoms in total. The molecule has 0 bridgehead atoms. The Hall–Kier alpha value is -1.16. The van der Waals surface area contributed by atoms with Gasteiger partial charge < -0.3 is 5.32 Å². The van der Waals surface area contributed by atoms with Gasteiger partial charge in [-0.1, -0.05) is 25.4 Å². The monoisotopic (exact) mass is 213 g/mol. The minimum atomic E-state index is -0.292. The molecule has 0 radical (unpaired) electrons. The molecule has 0 unspecified atom stereocenters. The molecule has 76 valence electrons. The lowest BCUT2D eigenvalue weighted by atomic mass is 10.2. The van der Waals surface area contributed by atoms with Crippen molar-refractivity contribution in [3.8, 4) is 0 Å². The summed E-state index contributed by atoms with van der Waals surface area (Å²) in [4.78, 5) is 19.4. The van der Waals surface area contributed by atoms with Crippen molar-refractivity contribution in [3.05, 3.63) is 22.7 Å². The molecule has 1 heterocycles. The number of nitrogens with one attached hydrogen (secondary N) is 1. The third kappa shape index (κ3) is 2.20. The summed E-state index contributed by atoms with van der Waals surface area (Å²) in [6.07, 6.45) is 1.45. The molecule has 0 spiro atoms. The van der Waals surface area contributed by atoms with Crippen LogP contribution in [0.3, 0.4) is 0 Å². The summed E-state index contributed by atoms with van der Waals surface area (Å²) in [5.74, 6) is 0.503. The Balaban J connectivity index is 3.15. The zero-order valence-electron chi connectivity index (χ0n) is 8.34. The summed E-state index contributed by atoms with van der Waals surface area (Å²) >= 11 is 5.79. The Kier molecular flexibility index (Phi) is 3.41. The van der Waals surface area contributed by atoms with E-state index in [2.05, 4.69) is 15.3 Å². The van der Waals surface area contributed by atoms with Crippen molar-refractivity contribution in [1.29, 1.82) is 0 Å². The molecule has 1 aromatic heterocycles. The van der Waals surface area contributed by atoms with E-state index in [-0.39, 0.29) is 22.5 Å². The lowest BCUT2D eigenvalue weighted by Crippen LogP contribution is -2.20. The number of hydrogen-bond donors (Lipinski definition) is 1. The van der Waals surface area contributed by atoms with Crippen LogP contribution in [0, 0.1) is 0 Å². The first-order chi connectivity index (χ1) is 6.56. The van der Waals surface area contributed by atoms with Crippen LogP contribution in [0.4, 0.5) is 0 Å². The second-order valence-electron chi connectivity index (χ2n) is 3.16. The normalized spacial score (nSPS) is 10.4. The molecule has 14 heavy (non-hydrogen) atoms. The maximum atomic E-state index is 11.3. The van der Waals surface area contributed by atoms with Gasteiger partial charge in [0, 0.05) is 13.0 Å². The van der Waals surface area contributed by atoms with Crippen molar-refractivity contribution in [2.24, 2.45) is 0 Å². The van der Waals surface area contributed by atoms with Gasteiger partial charge in [0.25, 0.3) is 5.91 Å². The van der Waals surface area contributed by atoms with Crippen molar-refractivity contribution in [1.82, 2.24) is 15.3 Å². The minimum absolute atomic E-state index is 0.177. The first kappa shape index (κ1) is 10.9. The van der Waals surface area contributed by atoms with E-state index in [1.807, 2.05) is 13.8 Å². The van der Waals surface area contributed by atoms with Crippen LogP contribution in [0.5, 0.6) is 0 Å². The third-order valence-electron chi connectivity index (χ3n) is 1.72. The Morgan fingerprint density at radius 1 is 1.57 bits per heavy atom. The fourth-order valence-electron chi connectivity index (χ4n) is 0.937. The minimum Gasteiger partial charge on any atom is -0.354 e. The molecule has 1 amide bonds. The standard InChI is InChI=1S/C9H12ClN3O/c1-5(2)8-12-4-6(10)7(13-8)9(14)11-3/h4-5H,1-3H3,(H,11,14). The molecule has 1 aromatic rings. The summed E-state index contributed by atoms with van der Waals surface area (Å²) in [7, 11) is 1.54. The quantitative estimate of drug-likeness (QED) is 0.812. The summed E-state index contributed by atoms with van der Waals surface area (Å²) in [6.45, 7) is 3.91. The van der Waals surface area contributed by atoms with E-state index in [4.69, 9.17) is 11.6 Å². The first-order valence-electron chi connectivity index (χ1n) is 4.30. The molecule has 0 aromatic carbocycles. The van der Waals surface area contributed by atoms with Crippen LogP contribution in [0.2, 0.25) is 5.02 Å². The highest BCUT2D eigenvalue weighted by molar-refractivity contribution is 6.33. The first-order valence-corrected chi connectivity index (χ1v) is 4.68. The van der Waals surface area contributed by atoms with E-state index in [0.29, 0.717) is 5.82 Å². The van der Waals surface area contributed by atoms with Crippen molar-refractivity contribution in [2.75, 3.05) is 7.05 Å². The van der Waals surface area contributed by atoms with Crippen molar-refractivity contribution < 1.29 is 4.79 Å². The van der Waals surface area contributed by atoms with Gasteiger partial charge >= 0.3 is 0 Å². The van der Waals surface area contributed by atoms with Crippen molar-refractivity contribution in [2.45, 2.75) is 19.8 Å². The third-order valence-corrected chi connectivity index (χ3v) is 2.00. The molecule has 0 aliphatic rings. The Morgan fingerprint density at radius 3 is 2.71 bits per heavy atom. The van der Waals surface area contributed by atoms with E-state index >= 15 is 0 Å². The van der Waals surface area contributed by atoms with Crippen LogP contribution >= 0.6 is 11.6 Å². The molecule has 5 heteroatoms. The SMILES string of the molecule is CNC(=O)c1nc(C(C)C)ncc1Cl. The predicted molar refractivity (Wildman–Crippen MR) is 54.5 cm³/mol. The maximum absolute atomic E-state index is 11.3. The molecule has 0 saturated carbocycles. The molecule has 0 aliphatic carbocycles. The van der Waals surface area contributed by atoms with Gasteiger partial charge in [-0.05, 0) is 0 Å². The van der Waals surface area contributed by atoms with Gasteiger partial charge in [-0.3, -0.25) is 4.79 Å². The fourth-order valence-corrected chi connectivity index (χ4v) is 1.11. The van der Waals surface area contributed by atoms with E-state index in [9.17, 15) is 4.79 Å². The summed E-state index contributed by atoms with van der Waals surface area (Å²) in [5.41, 5.74) is 0.230. The summed E-state index contributed by atoms with van der Waals surface area (Å²) in [5, 5.41) is 2.75. The van der Waals surface area contributed by atoms with Gasteiger partial charge in [0.15, 0.2) is 0 Å². The lowest BCUT2D eigenvalue weighted by Gasteiger charge is -2.06. The van der Waals surface area contributed by atoms with Gasteiger partial charge in [0.2, 0.25) is 0 Å². The average molecular weight is 214 g/mol. The smallest absolute Gasteiger partial charge is 0.271 e. The number of aromatic nitrogens is 2. The number of halogens is 1. The molecule has 1 rings (SSSR count). The second-order valence-corrected chi connectivity index (χ2v) is 3.57. The lowest BCUT2D eigenvalue weighted by molar-refractivity contribution is 0.0958. The van der Waals surface area contributed by atoms with Crippen molar-refractivity contribution in [3.63, 3.8) is 0 Å². The average Bonchev–Trinajstić information content (AvgIpc) is 2.17. The molecular formula is C9H12ClN3O. The largest absolute Gasteiger partial charge is 0.354 e. The Labute approximate surface area is 87.7 Å². The zero-order valence-corrected chi connectivity index (χ0v) is 9.09. The van der Waals surface area contributed by atoms with E-state index in [1.165, 1.54) is 13.2 Å². The summed E-state index contributed by atoms with van der Waals surface area (Å²) < 4.78 is 0. The van der Waals surface area contributed by atoms with Crippen LogP contribution < -0.4 is 5.32 Å². The van der Waals surface area contributed by atoms with E-state index in [0.717, 1.165) is 0 Å². The predicted octanol–water partition coefficient (Wildman–Crippen LogP) is 1.61. The number of carbonyl (C=O) groups excluding carboxylic acids is 1. The van der Waals surface area contributed by atoms with Gasteiger partial charge in [0.05, 0.1) is 11.2 Å². The number of amides is 1. The van der Waals surface area contributed by atoms with Crippen LogP contribution in [-0.4, -0.2) is 22.9 Å². The Morgan fingerprint density at radius 2 is 2.21 bits per heavy atom. The highest BCUT2D eigenvalue weighted by Crippen LogP contribution is 2.15. The van der Waals surface area contributed by atoms with Crippen LogP contribution in [0.25, 0.3) is 0 Å². The second kappa shape index (κ2) is 4.37. The number of rotatable bonds is 2. The van der Waals surface area contributed by atoms with Gasteiger partial charge in [-0.25, -0.2) is 9.97 Å². The number of nitrogens with zero attached hydrogens (tertiary/aromatic N) is 2. The molecular weight excluding hydrogens is 202 g/mol. The summed E-state index contributed by atoms with van der Waals surface area (Å²) in [6, 6.07) is 0. The van der Waals surface area contributed by atoms with Gasteiger partial charge in [-0.2, -0.15) is 0 Å². The van der Waals surface area contributed by atoms with E-state index < -0.39 is 0 Å². The van der Waals surface area contributed by atoms with Gasteiger partial charge in [-0.15, -0.1) is 0 Å². The fraction of sp³-hybridized carbons (Fsp3) is 0.444. The highest BCUT2D eigenvalue weighted by atomic mass is 35.5. The highest BCUT2D eigenvalue weighted by Gasteiger charge is 2.13. The number of hydrogen-bond acceptors (Lipinski definition) is 3. The van der Waals surface area contributed by atoms with E-state index in [1.54, 1.807) is 0 Å². The van der Waals surface area contributed by atoms with Crippen LogP contribution in [-0.2, 0) is 0 Å².